The molecule has 1 fully saturated rings. The fraction of sp³-hybridized carbons (Fsp3) is 0.278. The maximum absolute atomic E-state index is 12.6. The van der Waals surface area contributed by atoms with E-state index in [-0.39, 0.29) is 11.6 Å². The number of hydrogen-bond acceptors (Lipinski definition) is 5. The lowest BCUT2D eigenvalue weighted by molar-refractivity contribution is -0.384. The van der Waals surface area contributed by atoms with Crippen LogP contribution in [0.1, 0.15) is 10.4 Å². The van der Waals surface area contributed by atoms with Crippen LogP contribution in [0.5, 0.6) is 5.75 Å². The van der Waals surface area contributed by atoms with Crippen LogP contribution in [-0.4, -0.2) is 49.0 Å². The summed E-state index contributed by atoms with van der Waals surface area (Å²) >= 11 is 5.87. The highest BCUT2D eigenvalue weighted by Gasteiger charge is 2.26. The monoisotopic (exact) mass is 375 g/mol. The predicted octanol–water partition coefficient (Wildman–Crippen LogP) is 3.22. The molecule has 0 N–H and O–H groups in total. The largest absolute Gasteiger partial charge is 0.497 e. The number of carbonyl (C=O) groups is 1. The molecular weight excluding hydrogens is 358 g/mol. The predicted molar refractivity (Wildman–Crippen MR) is 99.2 cm³/mol. The van der Waals surface area contributed by atoms with E-state index in [2.05, 4.69) is 0 Å². The van der Waals surface area contributed by atoms with E-state index in [0.29, 0.717) is 48.2 Å². The molecule has 3 rings (SSSR count). The Labute approximate surface area is 155 Å². The number of carbonyl (C=O) groups excluding carboxylic acids is 1. The first-order valence-corrected chi connectivity index (χ1v) is 8.49. The van der Waals surface area contributed by atoms with Crippen molar-refractivity contribution in [2.24, 2.45) is 0 Å². The van der Waals surface area contributed by atoms with Gasteiger partial charge in [-0.05, 0) is 36.4 Å². The first-order valence-electron chi connectivity index (χ1n) is 8.12. The Morgan fingerprint density at radius 3 is 2.35 bits per heavy atom. The Morgan fingerprint density at radius 2 is 1.77 bits per heavy atom. The molecular formula is C18H18ClN3O4. The van der Waals surface area contributed by atoms with Crippen molar-refractivity contribution >= 4 is 28.9 Å². The number of nitro benzene ring substituents is 1. The Balaban J connectivity index is 1.69. The molecule has 0 atom stereocenters. The van der Waals surface area contributed by atoms with Crippen LogP contribution >= 0.6 is 11.6 Å². The number of piperazine rings is 1. The van der Waals surface area contributed by atoms with Crippen LogP contribution in [0.4, 0.5) is 11.4 Å². The van der Waals surface area contributed by atoms with Crippen LogP contribution in [0, 0.1) is 10.1 Å². The van der Waals surface area contributed by atoms with E-state index in [1.54, 1.807) is 48.4 Å². The molecule has 7 nitrogen and oxygen atoms in total. The quantitative estimate of drug-likeness (QED) is 0.605. The van der Waals surface area contributed by atoms with E-state index in [9.17, 15) is 14.9 Å². The normalized spacial score (nSPS) is 14.2. The summed E-state index contributed by atoms with van der Waals surface area (Å²) in [6.07, 6.45) is 0. The number of nitro groups is 1. The van der Waals surface area contributed by atoms with Gasteiger partial charge in [0.1, 0.15) is 11.4 Å². The van der Waals surface area contributed by atoms with Crippen molar-refractivity contribution in [2.75, 3.05) is 38.2 Å². The van der Waals surface area contributed by atoms with Crippen molar-refractivity contribution in [2.45, 2.75) is 0 Å². The average Bonchev–Trinajstić information content (AvgIpc) is 2.67. The number of methoxy groups -OCH3 is 1. The van der Waals surface area contributed by atoms with Gasteiger partial charge in [0.05, 0.1) is 12.0 Å². The Kier molecular flexibility index (Phi) is 5.27. The lowest BCUT2D eigenvalue weighted by Crippen LogP contribution is -2.48. The molecule has 0 spiro atoms. The molecule has 1 saturated heterocycles. The molecule has 0 aliphatic carbocycles. The Hall–Kier alpha value is -2.80. The first-order chi connectivity index (χ1) is 12.5. The lowest BCUT2D eigenvalue weighted by atomic mass is 10.1. The molecule has 2 aromatic rings. The number of anilines is 1. The third-order valence-corrected chi connectivity index (χ3v) is 4.61. The van der Waals surface area contributed by atoms with Crippen molar-refractivity contribution in [3.8, 4) is 5.75 Å². The number of ether oxygens (including phenoxy) is 1. The van der Waals surface area contributed by atoms with Gasteiger partial charge in [0.15, 0.2) is 0 Å². The number of rotatable bonds is 4. The molecule has 26 heavy (non-hydrogen) atoms. The van der Waals surface area contributed by atoms with Crippen molar-refractivity contribution in [1.29, 1.82) is 0 Å². The van der Waals surface area contributed by atoms with Gasteiger partial charge >= 0.3 is 0 Å². The number of nitrogens with zero attached hydrogens (tertiary/aromatic N) is 3. The standard InChI is InChI=1S/C18H18ClN3O4/c1-26-15-5-2-13(3-6-15)18(23)21-10-8-20(9-11-21)16-7-4-14(19)12-17(16)22(24)25/h2-7,12H,8-11H2,1H3. The van der Waals surface area contributed by atoms with Crippen LogP contribution < -0.4 is 9.64 Å². The van der Waals surface area contributed by atoms with Gasteiger partial charge in [0, 0.05) is 42.8 Å². The number of halogens is 1. The van der Waals surface area contributed by atoms with Gasteiger partial charge in [0.2, 0.25) is 0 Å². The summed E-state index contributed by atoms with van der Waals surface area (Å²) in [5.41, 5.74) is 1.10. The third kappa shape index (κ3) is 3.72. The van der Waals surface area contributed by atoms with Crippen molar-refractivity contribution < 1.29 is 14.5 Å². The SMILES string of the molecule is COc1ccc(C(=O)N2CCN(c3ccc(Cl)cc3[N+](=O)[O-])CC2)cc1. The number of hydrogen-bond donors (Lipinski definition) is 0. The second-order valence-corrected chi connectivity index (χ2v) is 6.33. The molecule has 0 aromatic heterocycles. The van der Waals surface area contributed by atoms with Gasteiger partial charge < -0.3 is 14.5 Å². The van der Waals surface area contributed by atoms with Crippen LogP contribution in [0.25, 0.3) is 0 Å². The summed E-state index contributed by atoms with van der Waals surface area (Å²) in [7, 11) is 1.58. The summed E-state index contributed by atoms with van der Waals surface area (Å²) in [5.74, 6) is 0.638. The zero-order chi connectivity index (χ0) is 18.7. The van der Waals surface area contributed by atoms with Gasteiger partial charge in [-0.15, -0.1) is 0 Å². The van der Waals surface area contributed by atoms with E-state index in [1.807, 2.05) is 4.90 Å². The minimum Gasteiger partial charge on any atom is -0.497 e. The van der Waals surface area contributed by atoms with Crippen LogP contribution in [0.2, 0.25) is 5.02 Å². The van der Waals surface area contributed by atoms with Gasteiger partial charge in [-0.25, -0.2) is 0 Å². The molecule has 8 heteroatoms. The van der Waals surface area contributed by atoms with Crippen molar-refractivity contribution in [3.05, 3.63) is 63.2 Å². The molecule has 0 saturated carbocycles. The first kappa shape index (κ1) is 18.0. The Morgan fingerprint density at radius 1 is 1.12 bits per heavy atom. The number of amides is 1. The minimum absolute atomic E-state index is 0.0209. The fourth-order valence-corrected chi connectivity index (χ4v) is 3.14. The molecule has 1 aliphatic rings. The zero-order valence-electron chi connectivity index (χ0n) is 14.2. The maximum Gasteiger partial charge on any atom is 0.294 e. The summed E-state index contributed by atoms with van der Waals surface area (Å²) in [6, 6.07) is 11.6. The molecule has 0 radical (unpaired) electrons. The second kappa shape index (κ2) is 7.61. The minimum atomic E-state index is -0.434. The molecule has 0 unspecified atom stereocenters. The molecule has 1 amide bonds. The molecule has 2 aromatic carbocycles. The summed E-state index contributed by atoms with van der Waals surface area (Å²) < 4.78 is 5.10. The van der Waals surface area contributed by atoms with Gasteiger partial charge in [-0.1, -0.05) is 11.6 Å². The van der Waals surface area contributed by atoms with E-state index in [0.717, 1.165) is 0 Å². The van der Waals surface area contributed by atoms with Gasteiger partial charge in [0.25, 0.3) is 11.6 Å². The van der Waals surface area contributed by atoms with Crippen LogP contribution in [0.15, 0.2) is 42.5 Å². The molecule has 1 heterocycles. The Bertz CT molecular complexity index is 818. The maximum atomic E-state index is 12.6. The number of benzene rings is 2. The molecule has 1 aliphatic heterocycles. The van der Waals surface area contributed by atoms with E-state index >= 15 is 0 Å². The topological polar surface area (TPSA) is 75.9 Å². The summed E-state index contributed by atoms with van der Waals surface area (Å²) in [5, 5.41) is 11.6. The van der Waals surface area contributed by atoms with Crippen molar-refractivity contribution in [1.82, 2.24) is 4.90 Å². The van der Waals surface area contributed by atoms with Gasteiger partial charge in [-0.2, -0.15) is 0 Å². The lowest BCUT2D eigenvalue weighted by Gasteiger charge is -2.35. The average molecular weight is 376 g/mol. The van der Waals surface area contributed by atoms with Crippen LogP contribution in [-0.2, 0) is 0 Å². The highest BCUT2D eigenvalue weighted by atomic mass is 35.5. The third-order valence-electron chi connectivity index (χ3n) is 4.38. The zero-order valence-corrected chi connectivity index (χ0v) is 15.0. The van der Waals surface area contributed by atoms with E-state index in [1.165, 1.54) is 6.07 Å². The highest BCUT2D eigenvalue weighted by molar-refractivity contribution is 6.30. The summed E-state index contributed by atoms with van der Waals surface area (Å²) in [6.45, 7) is 2.02. The smallest absolute Gasteiger partial charge is 0.294 e. The second-order valence-electron chi connectivity index (χ2n) is 5.90. The van der Waals surface area contributed by atoms with E-state index in [4.69, 9.17) is 16.3 Å². The van der Waals surface area contributed by atoms with Crippen LogP contribution in [0.3, 0.4) is 0 Å². The van der Waals surface area contributed by atoms with Crippen molar-refractivity contribution in [3.63, 3.8) is 0 Å². The van der Waals surface area contributed by atoms with E-state index < -0.39 is 4.92 Å². The fourth-order valence-electron chi connectivity index (χ4n) is 2.98. The molecule has 136 valence electrons. The summed E-state index contributed by atoms with van der Waals surface area (Å²) in [4.78, 5) is 27.1. The molecule has 0 bridgehead atoms. The highest BCUT2D eigenvalue weighted by Crippen LogP contribution is 2.31. The van der Waals surface area contributed by atoms with Gasteiger partial charge in [-0.3, -0.25) is 14.9 Å².